The lowest BCUT2D eigenvalue weighted by Gasteiger charge is -2.11. The summed E-state index contributed by atoms with van der Waals surface area (Å²) < 4.78 is 42.5. The van der Waals surface area contributed by atoms with Gasteiger partial charge in [0.2, 0.25) is 0 Å². The molecule has 0 spiro atoms. The Kier molecular flexibility index (Phi) is 3.83. The van der Waals surface area contributed by atoms with E-state index in [9.17, 15) is 18.0 Å². The number of pyridine rings is 1. The molecule has 2 aromatic rings. The van der Waals surface area contributed by atoms with Gasteiger partial charge in [-0.2, -0.15) is 13.2 Å². The van der Waals surface area contributed by atoms with Crippen molar-refractivity contribution in [2.75, 3.05) is 5.32 Å². The second-order valence-electron chi connectivity index (χ2n) is 4.17. The number of rotatable bonds is 4. The first kappa shape index (κ1) is 14.8. The van der Waals surface area contributed by atoms with Gasteiger partial charge < -0.3 is 14.9 Å². The molecule has 0 bridgehead atoms. The van der Waals surface area contributed by atoms with E-state index >= 15 is 0 Å². The standard InChI is InChI=1S/C12H10F3N3O3/c1-6-7(5-21-18-6)4-16-10-8(11(19)20)2-3-9(17-10)12(13,14)15/h2-3,5H,4H2,1H3,(H,16,17)(H,19,20). The van der Waals surface area contributed by atoms with Crippen molar-refractivity contribution in [3.63, 3.8) is 0 Å². The van der Waals surface area contributed by atoms with Crippen molar-refractivity contribution in [1.29, 1.82) is 0 Å². The van der Waals surface area contributed by atoms with Crippen LogP contribution in [0, 0.1) is 6.92 Å². The highest BCUT2D eigenvalue weighted by Gasteiger charge is 2.33. The summed E-state index contributed by atoms with van der Waals surface area (Å²) in [5, 5.41) is 15.1. The number of alkyl halides is 3. The third kappa shape index (κ3) is 3.30. The Bertz CT molecular complexity index is 667. The maximum absolute atomic E-state index is 12.6. The smallest absolute Gasteiger partial charge is 0.433 e. The van der Waals surface area contributed by atoms with Gasteiger partial charge in [-0.1, -0.05) is 5.16 Å². The Labute approximate surface area is 116 Å². The first-order chi connectivity index (χ1) is 9.79. The molecule has 0 unspecified atom stereocenters. The predicted molar refractivity (Wildman–Crippen MR) is 64.8 cm³/mol. The average Bonchev–Trinajstić information content (AvgIpc) is 2.80. The van der Waals surface area contributed by atoms with Crippen molar-refractivity contribution in [2.45, 2.75) is 19.6 Å². The zero-order chi connectivity index (χ0) is 15.6. The van der Waals surface area contributed by atoms with Gasteiger partial charge >= 0.3 is 12.1 Å². The number of carbonyl (C=O) groups is 1. The lowest BCUT2D eigenvalue weighted by molar-refractivity contribution is -0.141. The van der Waals surface area contributed by atoms with Crippen molar-refractivity contribution >= 4 is 11.8 Å². The van der Waals surface area contributed by atoms with Gasteiger partial charge in [0.05, 0.1) is 5.69 Å². The summed E-state index contributed by atoms with van der Waals surface area (Å²) in [6, 6.07) is 1.49. The summed E-state index contributed by atoms with van der Waals surface area (Å²) in [5.74, 6) is -1.74. The Balaban J connectivity index is 2.31. The topological polar surface area (TPSA) is 88.3 Å². The lowest BCUT2D eigenvalue weighted by atomic mass is 10.2. The van der Waals surface area contributed by atoms with Crippen LogP contribution in [0.2, 0.25) is 0 Å². The normalized spacial score (nSPS) is 11.4. The van der Waals surface area contributed by atoms with Gasteiger partial charge in [-0.25, -0.2) is 9.78 Å². The Morgan fingerprint density at radius 1 is 1.43 bits per heavy atom. The number of hydrogen-bond donors (Lipinski definition) is 2. The zero-order valence-corrected chi connectivity index (χ0v) is 10.7. The molecule has 0 saturated heterocycles. The molecule has 0 fully saturated rings. The molecule has 0 atom stereocenters. The summed E-state index contributed by atoms with van der Waals surface area (Å²) in [5.41, 5.74) is -0.383. The van der Waals surface area contributed by atoms with Crippen LogP contribution in [0.15, 0.2) is 22.9 Å². The summed E-state index contributed by atoms with van der Waals surface area (Å²) in [4.78, 5) is 14.3. The minimum atomic E-state index is -4.65. The quantitative estimate of drug-likeness (QED) is 0.902. The fourth-order valence-electron chi connectivity index (χ4n) is 1.59. The molecular weight excluding hydrogens is 291 g/mol. The number of anilines is 1. The van der Waals surface area contributed by atoms with E-state index in [-0.39, 0.29) is 17.9 Å². The summed E-state index contributed by atoms with van der Waals surface area (Å²) in [7, 11) is 0. The largest absolute Gasteiger partial charge is 0.478 e. The van der Waals surface area contributed by atoms with E-state index in [2.05, 4.69) is 20.0 Å². The molecule has 0 amide bonds. The minimum Gasteiger partial charge on any atom is -0.478 e. The van der Waals surface area contributed by atoms with Crippen LogP contribution in [0.25, 0.3) is 0 Å². The fraction of sp³-hybridized carbons (Fsp3) is 0.250. The number of nitrogens with zero attached hydrogens (tertiary/aromatic N) is 2. The average molecular weight is 301 g/mol. The molecule has 21 heavy (non-hydrogen) atoms. The first-order valence-electron chi connectivity index (χ1n) is 5.74. The monoisotopic (exact) mass is 301 g/mol. The molecule has 0 radical (unpaired) electrons. The van der Waals surface area contributed by atoms with Gasteiger partial charge in [0.25, 0.3) is 0 Å². The molecule has 0 aliphatic rings. The van der Waals surface area contributed by atoms with Crippen molar-refractivity contribution < 1.29 is 27.6 Å². The van der Waals surface area contributed by atoms with E-state index in [1.165, 1.54) is 6.26 Å². The SMILES string of the molecule is Cc1nocc1CNc1nc(C(F)(F)F)ccc1C(=O)O. The van der Waals surface area contributed by atoms with Crippen LogP contribution in [-0.2, 0) is 12.7 Å². The molecule has 0 aromatic carbocycles. The number of carboxylic acid groups (broad SMARTS) is 1. The third-order valence-corrected chi connectivity index (χ3v) is 2.71. The highest BCUT2D eigenvalue weighted by molar-refractivity contribution is 5.93. The number of nitrogens with one attached hydrogen (secondary N) is 1. The number of aromatic carboxylic acids is 1. The molecule has 2 N–H and O–H groups in total. The van der Waals surface area contributed by atoms with Crippen LogP contribution >= 0.6 is 0 Å². The highest BCUT2D eigenvalue weighted by Crippen LogP contribution is 2.29. The number of aryl methyl sites for hydroxylation is 1. The van der Waals surface area contributed by atoms with E-state index in [4.69, 9.17) is 5.11 Å². The minimum absolute atomic E-state index is 0.0456. The lowest BCUT2D eigenvalue weighted by Crippen LogP contribution is -2.14. The molecule has 0 saturated carbocycles. The number of hydrogen-bond acceptors (Lipinski definition) is 5. The van der Waals surface area contributed by atoms with Gasteiger partial charge in [-0.3, -0.25) is 0 Å². The Morgan fingerprint density at radius 3 is 2.67 bits per heavy atom. The first-order valence-corrected chi connectivity index (χ1v) is 5.74. The molecule has 2 aromatic heterocycles. The van der Waals surface area contributed by atoms with Crippen molar-refractivity contribution in [1.82, 2.24) is 10.1 Å². The van der Waals surface area contributed by atoms with Gasteiger partial charge in [-0.15, -0.1) is 0 Å². The van der Waals surface area contributed by atoms with Crippen LogP contribution in [0.1, 0.15) is 27.3 Å². The van der Waals surface area contributed by atoms with E-state index in [1.807, 2.05) is 0 Å². The number of carboxylic acids is 1. The predicted octanol–water partition coefficient (Wildman–Crippen LogP) is 2.71. The summed E-state index contributed by atoms with van der Waals surface area (Å²) in [6.07, 6.45) is -3.34. The van der Waals surface area contributed by atoms with Crippen LogP contribution < -0.4 is 5.32 Å². The molecule has 9 heteroatoms. The third-order valence-electron chi connectivity index (χ3n) is 2.71. The number of halogens is 3. The van der Waals surface area contributed by atoms with Crippen molar-refractivity contribution in [2.24, 2.45) is 0 Å². The highest BCUT2D eigenvalue weighted by atomic mass is 19.4. The van der Waals surface area contributed by atoms with Gasteiger partial charge in [0.15, 0.2) is 0 Å². The van der Waals surface area contributed by atoms with E-state index < -0.39 is 17.8 Å². The molecule has 0 aliphatic carbocycles. The van der Waals surface area contributed by atoms with Crippen LogP contribution in [-0.4, -0.2) is 21.2 Å². The van der Waals surface area contributed by atoms with Gasteiger partial charge in [0, 0.05) is 12.1 Å². The molecule has 2 heterocycles. The zero-order valence-electron chi connectivity index (χ0n) is 10.7. The fourth-order valence-corrected chi connectivity index (χ4v) is 1.59. The molecule has 6 nitrogen and oxygen atoms in total. The van der Waals surface area contributed by atoms with Gasteiger partial charge in [-0.05, 0) is 19.1 Å². The van der Waals surface area contributed by atoms with E-state index in [1.54, 1.807) is 6.92 Å². The maximum Gasteiger partial charge on any atom is 0.433 e. The second-order valence-corrected chi connectivity index (χ2v) is 4.17. The molecular formula is C12H10F3N3O3. The Morgan fingerprint density at radius 2 is 2.14 bits per heavy atom. The van der Waals surface area contributed by atoms with Crippen molar-refractivity contribution in [3.8, 4) is 0 Å². The molecule has 112 valence electrons. The molecule has 0 aliphatic heterocycles. The van der Waals surface area contributed by atoms with Gasteiger partial charge in [0.1, 0.15) is 23.3 Å². The van der Waals surface area contributed by atoms with E-state index in [0.29, 0.717) is 17.3 Å². The Hall–Kier alpha value is -2.58. The number of aromatic nitrogens is 2. The van der Waals surface area contributed by atoms with Crippen LogP contribution in [0.5, 0.6) is 0 Å². The second kappa shape index (κ2) is 5.43. The van der Waals surface area contributed by atoms with Crippen LogP contribution in [0.4, 0.5) is 19.0 Å². The molecule has 2 rings (SSSR count). The summed E-state index contributed by atoms with van der Waals surface area (Å²) >= 11 is 0. The maximum atomic E-state index is 12.6. The summed E-state index contributed by atoms with van der Waals surface area (Å²) in [6.45, 7) is 1.70. The van der Waals surface area contributed by atoms with Crippen molar-refractivity contribution in [3.05, 3.63) is 40.9 Å². The van der Waals surface area contributed by atoms with Crippen LogP contribution in [0.3, 0.4) is 0 Å². The van der Waals surface area contributed by atoms with E-state index in [0.717, 1.165) is 6.07 Å².